The van der Waals surface area contributed by atoms with Crippen molar-refractivity contribution in [2.75, 3.05) is 6.54 Å². The molecule has 0 radical (unpaired) electrons. The van der Waals surface area contributed by atoms with Gasteiger partial charge in [0.2, 0.25) is 0 Å². The summed E-state index contributed by atoms with van der Waals surface area (Å²) >= 11 is 0. The number of nitrogens with two attached hydrogens (primary N) is 1. The summed E-state index contributed by atoms with van der Waals surface area (Å²) in [6, 6.07) is 7.85. The molecule has 1 unspecified atom stereocenters. The maximum absolute atomic E-state index is 14.0. The highest BCUT2D eigenvalue weighted by Gasteiger charge is 2.26. The van der Waals surface area contributed by atoms with Gasteiger partial charge >= 0.3 is 0 Å². The van der Waals surface area contributed by atoms with Crippen LogP contribution in [0.5, 0.6) is 0 Å². The zero-order chi connectivity index (χ0) is 10.9. The van der Waals surface area contributed by atoms with Gasteiger partial charge in [-0.25, -0.2) is 4.39 Å². The standard InChI is InChI=1S/C13H18FN/c1-13(14,9-15)12-7-3-6-11(8-12)10-4-2-5-10/h3,6-8,10H,2,4-5,9,15H2,1H3. The van der Waals surface area contributed by atoms with Gasteiger partial charge in [0, 0.05) is 6.54 Å². The average molecular weight is 207 g/mol. The molecule has 2 rings (SSSR count). The Labute approximate surface area is 90.5 Å². The summed E-state index contributed by atoms with van der Waals surface area (Å²) in [5, 5.41) is 0. The molecule has 0 bridgehead atoms. The van der Waals surface area contributed by atoms with Crippen molar-refractivity contribution in [3.63, 3.8) is 0 Å². The van der Waals surface area contributed by atoms with Crippen LogP contribution in [-0.4, -0.2) is 6.54 Å². The predicted molar refractivity (Wildman–Crippen MR) is 60.5 cm³/mol. The summed E-state index contributed by atoms with van der Waals surface area (Å²) in [5.41, 5.74) is 6.04. The van der Waals surface area contributed by atoms with E-state index >= 15 is 0 Å². The first-order valence-electron chi connectivity index (χ1n) is 5.63. The van der Waals surface area contributed by atoms with Gasteiger partial charge in [0.1, 0.15) is 5.67 Å². The van der Waals surface area contributed by atoms with Crippen LogP contribution in [0, 0.1) is 0 Å². The van der Waals surface area contributed by atoms with Gasteiger partial charge in [0.25, 0.3) is 0 Å². The summed E-state index contributed by atoms with van der Waals surface area (Å²) in [4.78, 5) is 0. The van der Waals surface area contributed by atoms with Crippen molar-refractivity contribution in [1.29, 1.82) is 0 Å². The van der Waals surface area contributed by atoms with E-state index in [0.29, 0.717) is 5.92 Å². The molecule has 0 amide bonds. The maximum Gasteiger partial charge on any atom is 0.145 e. The van der Waals surface area contributed by atoms with Gasteiger partial charge in [-0.05, 0) is 36.8 Å². The van der Waals surface area contributed by atoms with Crippen LogP contribution in [0.4, 0.5) is 4.39 Å². The molecule has 2 N–H and O–H groups in total. The molecule has 0 saturated heterocycles. The van der Waals surface area contributed by atoms with E-state index < -0.39 is 5.67 Å². The molecule has 1 atom stereocenters. The van der Waals surface area contributed by atoms with Crippen molar-refractivity contribution in [1.82, 2.24) is 0 Å². The Balaban J connectivity index is 2.25. The lowest BCUT2D eigenvalue weighted by molar-refractivity contribution is 0.203. The Hall–Kier alpha value is -0.890. The van der Waals surface area contributed by atoms with Crippen molar-refractivity contribution in [3.05, 3.63) is 35.4 Å². The molecule has 1 aromatic rings. The van der Waals surface area contributed by atoms with E-state index in [1.807, 2.05) is 18.2 Å². The second-order valence-corrected chi connectivity index (χ2v) is 4.65. The fourth-order valence-electron chi connectivity index (χ4n) is 1.98. The number of rotatable bonds is 3. The minimum atomic E-state index is -1.39. The Morgan fingerprint density at radius 1 is 1.47 bits per heavy atom. The SMILES string of the molecule is CC(F)(CN)c1cccc(C2CCC2)c1. The highest BCUT2D eigenvalue weighted by molar-refractivity contribution is 5.31. The molecule has 15 heavy (non-hydrogen) atoms. The monoisotopic (exact) mass is 207 g/mol. The molecule has 1 fully saturated rings. The van der Waals surface area contributed by atoms with Crippen LogP contribution in [0.3, 0.4) is 0 Å². The molecule has 1 aromatic carbocycles. The molecule has 2 heteroatoms. The Morgan fingerprint density at radius 3 is 2.73 bits per heavy atom. The number of halogens is 1. The maximum atomic E-state index is 14.0. The van der Waals surface area contributed by atoms with Crippen molar-refractivity contribution in [3.8, 4) is 0 Å². The van der Waals surface area contributed by atoms with E-state index in [1.165, 1.54) is 24.8 Å². The Bertz CT molecular complexity index is 342. The van der Waals surface area contributed by atoms with E-state index in [-0.39, 0.29) is 6.54 Å². The third-order valence-electron chi connectivity index (χ3n) is 3.45. The number of hydrogen-bond acceptors (Lipinski definition) is 1. The fourth-order valence-corrected chi connectivity index (χ4v) is 1.98. The summed E-state index contributed by atoms with van der Waals surface area (Å²) in [6.07, 6.45) is 3.79. The molecule has 1 nitrogen and oxygen atoms in total. The van der Waals surface area contributed by atoms with Gasteiger partial charge in [-0.2, -0.15) is 0 Å². The van der Waals surface area contributed by atoms with Crippen molar-refractivity contribution in [2.24, 2.45) is 5.73 Å². The molecule has 1 aliphatic carbocycles. The molecular formula is C13H18FN. The van der Waals surface area contributed by atoms with Crippen LogP contribution in [-0.2, 0) is 5.67 Å². The summed E-state index contributed by atoms with van der Waals surface area (Å²) in [6.45, 7) is 1.59. The first kappa shape index (κ1) is 10.6. The summed E-state index contributed by atoms with van der Waals surface area (Å²) in [5.74, 6) is 0.651. The van der Waals surface area contributed by atoms with E-state index in [9.17, 15) is 4.39 Å². The van der Waals surface area contributed by atoms with Gasteiger partial charge < -0.3 is 5.73 Å². The van der Waals surface area contributed by atoms with Crippen LogP contribution in [0.15, 0.2) is 24.3 Å². The van der Waals surface area contributed by atoms with E-state index in [4.69, 9.17) is 5.73 Å². The second-order valence-electron chi connectivity index (χ2n) is 4.65. The Kier molecular flexibility index (Phi) is 2.79. The fraction of sp³-hybridized carbons (Fsp3) is 0.538. The third kappa shape index (κ3) is 2.05. The molecule has 82 valence electrons. The highest BCUT2D eigenvalue weighted by atomic mass is 19.1. The first-order chi connectivity index (χ1) is 7.13. The van der Waals surface area contributed by atoms with E-state index in [0.717, 1.165) is 5.56 Å². The highest BCUT2D eigenvalue weighted by Crippen LogP contribution is 2.37. The van der Waals surface area contributed by atoms with Crippen LogP contribution < -0.4 is 5.73 Å². The van der Waals surface area contributed by atoms with Crippen molar-refractivity contribution < 1.29 is 4.39 Å². The molecule has 0 aromatic heterocycles. The molecule has 0 heterocycles. The molecular weight excluding hydrogens is 189 g/mol. The Morgan fingerprint density at radius 2 is 2.20 bits per heavy atom. The van der Waals surface area contributed by atoms with Crippen LogP contribution in [0.1, 0.15) is 43.2 Å². The van der Waals surface area contributed by atoms with Gasteiger partial charge in [0.05, 0.1) is 0 Å². The van der Waals surface area contributed by atoms with Crippen LogP contribution in [0.2, 0.25) is 0 Å². The zero-order valence-electron chi connectivity index (χ0n) is 9.17. The molecule has 1 saturated carbocycles. The smallest absolute Gasteiger partial charge is 0.145 e. The first-order valence-corrected chi connectivity index (χ1v) is 5.63. The second kappa shape index (κ2) is 3.93. The van der Waals surface area contributed by atoms with Gasteiger partial charge in [-0.3, -0.25) is 0 Å². The van der Waals surface area contributed by atoms with E-state index in [2.05, 4.69) is 6.07 Å². The minimum absolute atomic E-state index is 0.0428. The lowest BCUT2D eigenvalue weighted by Crippen LogP contribution is -2.26. The van der Waals surface area contributed by atoms with Crippen molar-refractivity contribution in [2.45, 2.75) is 37.8 Å². The number of benzene rings is 1. The largest absolute Gasteiger partial charge is 0.327 e. The number of alkyl halides is 1. The topological polar surface area (TPSA) is 26.0 Å². The van der Waals surface area contributed by atoms with Crippen molar-refractivity contribution >= 4 is 0 Å². The van der Waals surface area contributed by atoms with Crippen LogP contribution in [0.25, 0.3) is 0 Å². The van der Waals surface area contributed by atoms with Gasteiger partial charge in [0.15, 0.2) is 0 Å². The molecule has 1 aliphatic rings. The van der Waals surface area contributed by atoms with Gasteiger partial charge in [-0.15, -0.1) is 0 Å². The zero-order valence-corrected chi connectivity index (χ0v) is 9.17. The van der Waals surface area contributed by atoms with E-state index in [1.54, 1.807) is 6.92 Å². The quantitative estimate of drug-likeness (QED) is 0.809. The summed E-state index contributed by atoms with van der Waals surface area (Å²) in [7, 11) is 0. The predicted octanol–water partition coefficient (Wildman–Crippen LogP) is 3.10. The van der Waals surface area contributed by atoms with Gasteiger partial charge in [-0.1, -0.05) is 30.7 Å². The molecule has 0 aliphatic heterocycles. The average Bonchev–Trinajstić information content (AvgIpc) is 2.16. The lowest BCUT2D eigenvalue weighted by Gasteiger charge is -2.27. The lowest BCUT2D eigenvalue weighted by atomic mass is 9.79. The normalized spacial score (nSPS) is 20.7. The van der Waals surface area contributed by atoms with Crippen LogP contribution >= 0.6 is 0 Å². The molecule has 0 spiro atoms. The number of hydrogen-bond donors (Lipinski definition) is 1. The third-order valence-corrected chi connectivity index (χ3v) is 3.45. The minimum Gasteiger partial charge on any atom is -0.327 e. The summed E-state index contributed by atoms with van der Waals surface area (Å²) < 4.78 is 14.0.